The highest BCUT2D eigenvalue weighted by Crippen LogP contribution is 2.15. The Hall–Kier alpha value is -3.26. The van der Waals surface area contributed by atoms with Crippen molar-refractivity contribution in [1.82, 2.24) is 15.5 Å². The summed E-state index contributed by atoms with van der Waals surface area (Å²) < 4.78 is 30.2. The van der Waals surface area contributed by atoms with Gasteiger partial charge in [0.2, 0.25) is 5.91 Å². The van der Waals surface area contributed by atoms with Gasteiger partial charge in [0.1, 0.15) is 24.4 Å². The Morgan fingerprint density at radius 3 is 2.70 bits per heavy atom. The maximum absolute atomic E-state index is 12.4. The number of carbonyl (C=O) groups excluding carboxylic acids is 1. The van der Waals surface area contributed by atoms with Crippen LogP contribution < -0.4 is 10.6 Å². The highest BCUT2D eigenvalue weighted by Gasteiger charge is 2.18. The second kappa shape index (κ2) is 11.6. The molecule has 0 saturated heterocycles. The molecule has 174 valence electrons. The lowest BCUT2D eigenvalue weighted by atomic mass is 10.1. The minimum Gasteiger partial charge on any atom is -0.370 e. The van der Waals surface area contributed by atoms with E-state index in [0.717, 1.165) is 30.1 Å². The summed E-state index contributed by atoms with van der Waals surface area (Å²) in [5.74, 6) is 0.410. The molecule has 0 unspecified atom stereocenters. The minimum atomic E-state index is -3.64. The lowest BCUT2D eigenvalue weighted by Crippen LogP contribution is -2.32. The number of amidine groups is 1. The van der Waals surface area contributed by atoms with Gasteiger partial charge >= 0.3 is 0 Å². The molecule has 1 aliphatic heterocycles. The Balaban J connectivity index is 1.36. The molecular weight excluding hydrogens is 442 g/mol. The van der Waals surface area contributed by atoms with Crippen molar-refractivity contribution in [3.8, 4) is 6.07 Å². The molecule has 1 aliphatic rings. The van der Waals surface area contributed by atoms with E-state index in [2.05, 4.69) is 15.6 Å². The Bertz CT molecular complexity index is 1140. The molecule has 0 radical (unpaired) electrons. The van der Waals surface area contributed by atoms with Crippen LogP contribution in [0.5, 0.6) is 0 Å². The van der Waals surface area contributed by atoms with E-state index in [1.807, 2.05) is 30.3 Å². The van der Waals surface area contributed by atoms with E-state index in [1.165, 1.54) is 12.1 Å². The van der Waals surface area contributed by atoms with Crippen molar-refractivity contribution in [2.75, 3.05) is 45.8 Å². The Labute approximate surface area is 194 Å². The normalized spacial score (nSPS) is 13.2. The summed E-state index contributed by atoms with van der Waals surface area (Å²) in [5, 5.41) is 15.1. The number of nitrogens with zero attached hydrogens (tertiary/aromatic N) is 3. The summed E-state index contributed by atoms with van der Waals surface area (Å²) in [6.45, 7) is 2.44. The SMILES string of the molecule is CN(Cc1ccc(C2=NCCN2)cc1)C(=O)COCCNCS(=O)(=O)c1ccccc1C#N. The van der Waals surface area contributed by atoms with E-state index in [9.17, 15) is 13.2 Å². The van der Waals surface area contributed by atoms with Crippen molar-refractivity contribution in [3.63, 3.8) is 0 Å². The van der Waals surface area contributed by atoms with E-state index in [4.69, 9.17) is 10.00 Å². The number of benzene rings is 2. The van der Waals surface area contributed by atoms with Crippen LogP contribution in [-0.4, -0.2) is 70.8 Å². The molecule has 0 aliphatic carbocycles. The zero-order chi connectivity index (χ0) is 23.7. The fourth-order valence-corrected chi connectivity index (χ4v) is 4.55. The third-order valence-electron chi connectivity index (χ3n) is 5.03. The maximum Gasteiger partial charge on any atom is 0.248 e. The molecule has 1 heterocycles. The zero-order valence-electron chi connectivity index (χ0n) is 18.5. The molecule has 0 atom stereocenters. The van der Waals surface area contributed by atoms with Crippen LogP contribution in [0, 0.1) is 11.3 Å². The number of nitrogens with one attached hydrogen (secondary N) is 2. The van der Waals surface area contributed by atoms with Gasteiger partial charge in [-0.2, -0.15) is 5.26 Å². The fraction of sp³-hybridized carbons (Fsp3) is 0.348. The van der Waals surface area contributed by atoms with Crippen molar-refractivity contribution in [2.45, 2.75) is 11.4 Å². The van der Waals surface area contributed by atoms with Crippen LogP contribution in [0.3, 0.4) is 0 Å². The van der Waals surface area contributed by atoms with Crippen LogP contribution >= 0.6 is 0 Å². The summed E-state index contributed by atoms with van der Waals surface area (Å²) in [6, 6.07) is 15.9. The van der Waals surface area contributed by atoms with Crippen LogP contribution in [0.4, 0.5) is 0 Å². The number of rotatable bonds is 11. The molecular formula is C23H27N5O4S. The van der Waals surface area contributed by atoms with Crippen LogP contribution in [0.1, 0.15) is 16.7 Å². The van der Waals surface area contributed by atoms with Crippen molar-refractivity contribution >= 4 is 21.6 Å². The predicted molar refractivity (Wildman–Crippen MR) is 124 cm³/mol. The molecule has 2 aromatic rings. The number of aliphatic imine (C=N–C) groups is 1. The highest BCUT2D eigenvalue weighted by atomic mass is 32.2. The van der Waals surface area contributed by atoms with Gasteiger partial charge in [-0.25, -0.2) is 8.42 Å². The molecule has 2 aromatic carbocycles. The monoisotopic (exact) mass is 469 g/mol. The predicted octanol–water partition coefficient (Wildman–Crippen LogP) is 0.904. The first-order valence-corrected chi connectivity index (χ1v) is 12.2. The second-order valence-corrected chi connectivity index (χ2v) is 9.48. The molecule has 0 bridgehead atoms. The number of ether oxygens (including phenoxy) is 1. The number of carbonyl (C=O) groups is 1. The quantitative estimate of drug-likeness (QED) is 0.469. The lowest BCUT2D eigenvalue weighted by molar-refractivity contribution is -0.135. The number of sulfone groups is 1. The molecule has 2 N–H and O–H groups in total. The van der Waals surface area contributed by atoms with Gasteiger partial charge in [0.25, 0.3) is 0 Å². The lowest BCUT2D eigenvalue weighted by Gasteiger charge is -2.17. The molecule has 10 heteroatoms. The topological polar surface area (TPSA) is 124 Å². The molecule has 0 saturated carbocycles. The Kier molecular flexibility index (Phi) is 8.54. The number of amides is 1. The highest BCUT2D eigenvalue weighted by molar-refractivity contribution is 7.91. The molecule has 0 fully saturated rings. The van der Waals surface area contributed by atoms with Gasteiger partial charge in [-0.1, -0.05) is 36.4 Å². The van der Waals surface area contributed by atoms with Crippen molar-refractivity contribution in [1.29, 1.82) is 5.26 Å². The van der Waals surface area contributed by atoms with Crippen LogP contribution in [-0.2, 0) is 25.9 Å². The van der Waals surface area contributed by atoms with E-state index in [-0.39, 0.29) is 42.0 Å². The summed E-state index contributed by atoms with van der Waals surface area (Å²) in [7, 11) is -1.93. The van der Waals surface area contributed by atoms with Gasteiger partial charge in [0.05, 0.1) is 23.6 Å². The molecule has 33 heavy (non-hydrogen) atoms. The van der Waals surface area contributed by atoms with Gasteiger partial charge in [-0.3, -0.25) is 9.79 Å². The van der Waals surface area contributed by atoms with Crippen molar-refractivity contribution in [3.05, 3.63) is 65.2 Å². The maximum atomic E-state index is 12.4. The summed E-state index contributed by atoms with van der Waals surface area (Å²) in [5.41, 5.74) is 2.14. The summed E-state index contributed by atoms with van der Waals surface area (Å²) in [4.78, 5) is 18.3. The third-order valence-corrected chi connectivity index (χ3v) is 6.64. The van der Waals surface area contributed by atoms with E-state index in [0.29, 0.717) is 6.54 Å². The van der Waals surface area contributed by atoms with Crippen LogP contribution in [0.15, 0.2) is 58.4 Å². The second-order valence-electron chi connectivity index (χ2n) is 7.52. The molecule has 1 amide bonds. The Morgan fingerprint density at radius 1 is 1.24 bits per heavy atom. The molecule has 3 rings (SSSR count). The fourth-order valence-electron chi connectivity index (χ4n) is 3.25. The standard InChI is InChI=1S/C23H27N5O4S/c1-28(15-18-6-8-19(9-7-18)23-26-10-11-27-23)22(29)16-32-13-12-25-17-33(30,31)21-5-3-2-4-20(21)14-24/h2-9,25H,10-13,15-17H2,1H3,(H,26,27). The van der Waals surface area contributed by atoms with Crippen LogP contribution in [0.2, 0.25) is 0 Å². The number of hydrogen-bond donors (Lipinski definition) is 2. The smallest absolute Gasteiger partial charge is 0.248 e. The first-order chi connectivity index (χ1) is 15.9. The Morgan fingerprint density at radius 2 is 2.00 bits per heavy atom. The van der Waals surface area contributed by atoms with E-state index in [1.54, 1.807) is 24.1 Å². The van der Waals surface area contributed by atoms with Gasteiger partial charge in [-0.15, -0.1) is 0 Å². The average Bonchev–Trinajstić information content (AvgIpc) is 3.36. The van der Waals surface area contributed by atoms with E-state index >= 15 is 0 Å². The zero-order valence-corrected chi connectivity index (χ0v) is 19.3. The van der Waals surface area contributed by atoms with Gasteiger partial charge in [-0.05, 0) is 17.7 Å². The van der Waals surface area contributed by atoms with Crippen LogP contribution in [0.25, 0.3) is 0 Å². The number of hydrogen-bond acceptors (Lipinski definition) is 8. The average molecular weight is 470 g/mol. The summed E-state index contributed by atoms with van der Waals surface area (Å²) >= 11 is 0. The van der Waals surface area contributed by atoms with Gasteiger partial charge < -0.3 is 20.3 Å². The van der Waals surface area contributed by atoms with E-state index < -0.39 is 9.84 Å². The summed E-state index contributed by atoms with van der Waals surface area (Å²) in [6.07, 6.45) is 0. The largest absolute Gasteiger partial charge is 0.370 e. The molecule has 0 aromatic heterocycles. The van der Waals surface area contributed by atoms with Crippen molar-refractivity contribution < 1.29 is 17.9 Å². The van der Waals surface area contributed by atoms with Gasteiger partial charge in [0.15, 0.2) is 9.84 Å². The first-order valence-electron chi connectivity index (χ1n) is 10.5. The first kappa shape index (κ1) is 24.4. The number of nitriles is 1. The number of likely N-dealkylation sites (N-methyl/N-ethyl adjacent to an activating group) is 1. The molecule has 9 nitrogen and oxygen atoms in total. The van der Waals surface area contributed by atoms with Crippen molar-refractivity contribution in [2.24, 2.45) is 4.99 Å². The minimum absolute atomic E-state index is 0.00162. The molecule has 0 spiro atoms. The third kappa shape index (κ3) is 6.86. The van der Waals surface area contributed by atoms with Gasteiger partial charge in [0, 0.05) is 32.2 Å².